The number of nitrogens with two attached hydrogens (primary N) is 4. The summed E-state index contributed by atoms with van der Waals surface area (Å²) in [7, 11) is 0. The van der Waals surface area contributed by atoms with Gasteiger partial charge in [0, 0.05) is 0 Å². The number of carboxylic acids is 1. The Hall–Kier alpha value is -2.37. The molecule has 4 amide bonds. The number of aromatic carboxylic acids is 1. The van der Waals surface area contributed by atoms with E-state index in [1.165, 1.54) is 0 Å². The van der Waals surface area contributed by atoms with Crippen LogP contribution in [0.3, 0.4) is 0 Å². The predicted molar refractivity (Wildman–Crippen MR) is 63.8 cm³/mol. The molecule has 0 aliphatic heterocycles. The smallest absolute Gasteiger partial charge is 0.338 e. The van der Waals surface area contributed by atoms with Gasteiger partial charge in [-0.25, -0.2) is 36.1 Å². The van der Waals surface area contributed by atoms with Crippen molar-refractivity contribution in [1.29, 1.82) is 0 Å². The van der Waals surface area contributed by atoms with Crippen molar-refractivity contribution in [2.24, 2.45) is 23.2 Å². The average Bonchev–Trinajstić information content (AvgIpc) is 2.71. The molecule has 0 unspecified atom stereocenters. The highest BCUT2D eigenvalue weighted by molar-refractivity contribution is 7.20. The number of carbonyl (C=O) groups is 3. The summed E-state index contributed by atoms with van der Waals surface area (Å²) in [6.07, 6.45) is 0. The van der Waals surface area contributed by atoms with Crippen molar-refractivity contribution in [2.75, 3.05) is 10.0 Å². The first kappa shape index (κ1) is 13.7. The van der Waals surface area contributed by atoms with Gasteiger partial charge in [-0.1, -0.05) is 11.3 Å². The number of rotatable bonds is 3. The second-order valence-electron chi connectivity index (χ2n) is 3.03. The van der Waals surface area contributed by atoms with Crippen molar-refractivity contribution in [1.82, 2.24) is 0 Å². The lowest BCUT2D eigenvalue weighted by Crippen LogP contribution is -2.42. The van der Waals surface area contributed by atoms with Gasteiger partial charge in [-0.15, -0.1) is 0 Å². The van der Waals surface area contributed by atoms with Crippen LogP contribution in [0.2, 0.25) is 0 Å². The Kier molecular flexibility index (Phi) is 3.70. The van der Waals surface area contributed by atoms with Crippen LogP contribution in [0.25, 0.3) is 0 Å². The molecule has 0 aliphatic carbocycles. The van der Waals surface area contributed by atoms with Gasteiger partial charge < -0.3 is 16.6 Å². The van der Waals surface area contributed by atoms with E-state index in [-0.39, 0.29) is 15.6 Å². The van der Waals surface area contributed by atoms with Gasteiger partial charge in [-0.2, -0.15) is 0 Å². The zero-order valence-corrected chi connectivity index (χ0v) is 9.68. The van der Waals surface area contributed by atoms with Crippen molar-refractivity contribution >= 4 is 39.4 Å². The molecular weight excluding hydrogens is 264 g/mol. The van der Waals surface area contributed by atoms with E-state index in [1.807, 2.05) is 0 Å². The Balaban J connectivity index is 3.29. The second kappa shape index (κ2) is 4.87. The first-order chi connectivity index (χ1) is 8.25. The van der Waals surface area contributed by atoms with Crippen LogP contribution in [-0.4, -0.2) is 23.1 Å². The first-order valence-corrected chi connectivity index (χ1v) is 5.13. The third-order valence-electron chi connectivity index (χ3n) is 1.86. The number of thiophene rings is 1. The van der Waals surface area contributed by atoms with E-state index in [1.54, 1.807) is 0 Å². The average molecular weight is 274 g/mol. The molecule has 11 heteroatoms. The molecule has 18 heavy (non-hydrogen) atoms. The number of nitrogens with zero attached hydrogens (tertiary/aromatic N) is 2. The normalized spacial score (nSPS) is 9.89. The molecule has 1 rings (SSSR count). The highest BCUT2D eigenvalue weighted by Gasteiger charge is 2.24. The summed E-state index contributed by atoms with van der Waals surface area (Å²) < 4.78 is 0. The van der Waals surface area contributed by atoms with Crippen LogP contribution in [0.15, 0.2) is 6.07 Å². The first-order valence-electron chi connectivity index (χ1n) is 4.31. The Morgan fingerprint density at radius 2 is 1.61 bits per heavy atom. The lowest BCUT2D eigenvalue weighted by molar-refractivity contribution is 0.0698. The Morgan fingerprint density at radius 1 is 1.11 bits per heavy atom. The number of urea groups is 2. The quantitative estimate of drug-likeness (QED) is 0.266. The number of carboxylic acid groups (broad SMARTS) is 1. The van der Waals surface area contributed by atoms with Crippen LogP contribution in [0.5, 0.6) is 0 Å². The summed E-state index contributed by atoms with van der Waals surface area (Å²) >= 11 is 0.680. The summed E-state index contributed by atoms with van der Waals surface area (Å²) in [5.74, 6) is 9.23. The van der Waals surface area contributed by atoms with Crippen molar-refractivity contribution < 1.29 is 19.5 Å². The standard InChI is InChI=1S/C7H10N6O4S/c8-6(16)12(10)3-1-2(5(14)15)4(18-3)13(11)7(9)17/h1H,10-11H2,(H2,8,16)(H2,9,17)(H,14,15). The fourth-order valence-corrected chi connectivity index (χ4v) is 2.04. The molecule has 0 saturated heterocycles. The number of hydrogen-bond donors (Lipinski definition) is 5. The number of carbonyl (C=O) groups excluding carboxylic acids is 2. The van der Waals surface area contributed by atoms with E-state index in [0.717, 1.165) is 6.07 Å². The Bertz CT molecular complexity index is 514. The Labute approximate surface area is 104 Å². The van der Waals surface area contributed by atoms with Crippen LogP contribution < -0.4 is 33.2 Å². The van der Waals surface area contributed by atoms with Crippen LogP contribution in [0.1, 0.15) is 10.4 Å². The molecule has 0 spiro atoms. The number of amides is 4. The van der Waals surface area contributed by atoms with Gasteiger partial charge in [-0.05, 0) is 6.07 Å². The Morgan fingerprint density at radius 3 is 2.00 bits per heavy atom. The van der Waals surface area contributed by atoms with Gasteiger partial charge in [0.2, 0.25) is 0 Å². The zero-order valence-electron chi connectivity index (χ0n) is 8.86. The van der Waals surface area contributed by atoms with Crippen LogP contribution >= 0.6 is 11.3 Å². The summed E-state index contributed by atoms with van der Waals surface area (Å²) in [6.45, 7) is 0. The maximum Gasteiger partial charge on any atom is 0.338 e. The molecular formula is C7H10N6O4S. The molecule has 0 bridgehead atoms. The minimum atomic E-state index is -1.36. The van der Waals surface area contributed by atoms with E-state index in [2.05, 4.69) is 0 Å². The molecule has 9 N–H and O–H groups in total. The fourth-order valence-electron chi connectivity index (χ4n) is 1.03. The van der Waals surface area contributed by atoms with Crippen molar-refractivity contribution in [3.63, 3.8) is 0 Å². The highest BCUT2D eigenvalue weighted by atomic mass is 32.1. The molecule has 0 saturated carbocycles. The lowest BCUT2D eigenvalue weighted by atomic mass is 10.3. The van der Waals surface area contributed by atoms with E-state index in [0.29, 0.717) is 21.4 Å². The summed E-state index contributed by atoms with van der Waals surface area (Å²) in [5.41, 5.74) is 9.52. The van der Waals surface area contributed by atoms with Crippen molar-refractivity contribution in [2.45, 2.75) is 0 Å². The summed E-state index contributed by atoms with van der Waals surface area (Å²) in [5, 5.41) is 9.73. The molecule has 1 heterocycles. The molecule has 0 aliphatic rings. The van der Waals surface area contributed by atoms with Gasteiger partial charge in [0.1, 0.15) is 10.0 Å². The van der Waals surface area contributed by atoms with E-state index in [4.69, 9.17) is 28.3 Å². The number of anilines is 2. The topological polar surface area (TPSA) is 182 Å². The molecule has 0 fully saturated rings. The molecule has 1 aromatic rings. The summed E-state index contributed by atoms with van der Waals surface area (Å²) in [4.78, 5) is 32.7. The summed E-state index contributed by atoms with van der Waals surface area (Å²) in [6, 6.07) is -1.01. The largest absolute Gasteiger partial charge is 0.478 e. The van der Waals surface area contributed by atoms with Gasteiger partial charge in [-0.3, -0.25) is 0 Å². The number of hydrazine groups is 2. The minimum Gasteiger partial charge on any atom is -0.478 e. The zero-order chi connectivity index (χ0) is 14.0. The van der Waals surface area contributed by atoms with Gasteiger partial charge in [0.25, 0.3) is 0 Å². The molecule has 10 nitrogen and oxygen atoms in total. The van der Waals surface area contributed by atoms with E-state index in [9.17, 15) is 14.4 Å². The van der Waals surface area contributed by atoms with Gasteiger partial charge in [0.15, 0.2) is 0 Å². The maximum absolute atomic E-state index is 11.0. The van der Waals surface area contributed by atoms with Gasteiger partial charge in [0.05, 0.1) is 5.56 Å². The molecule has 0 aromatic carbocycles. The second-order valence-corrected chi connectivity index (χ2v) is 4.03. The van der Waals surface area contributed by atoms with Crippen molar-refractivity contribution in [3.8, 4) is 0 Å². The minimum absolute atomic E-state index is 0.00611. The fraction of sp³-hybridized carbons (Fsp3) is 0. The number of primary amides is 2. The van der Waals surface area contributed by atoms with Crippen LogP contribution in [0, 0.1) is 0 Å². The molecule has 0 radical (unpaired) electrons. The molecule has 0 atom stereocenters. The third kappa shape index (κ3) is 2.48. The maximum atomic E-state index is 11.0. The van der Waals surface area contributed by atoms with E-state index < -0.39 is 18.0 Å². The van der Waals surface area contributed by atoms with Crippen molar-refractivity contribution in [3.05, 3.63) is 11.6 Å². The highest BCUT2D eigenvalue weighted by Crippen LogP contribution is 2.35. The third-order valence-corrected chi connectivity index (χ3v) is 2.99. The molecule has 1 aromatic heterocycles. The monoisotopic (exact) mass is 274 g/mol. The predicted octanol–water partition coefficient (Wildman–Crippen LogP) is -1.04. The molecule has 98 valence electrons. The van der Waals surface area contributed by atoms with E-state index >= 15 is 0 Å². The van der Waals surface area contributed by atoms with Crippen LogP contribution in [-0.2, 0) is 0 Å². The van der Waals surface area contributed by atoms with Crippen LogP contribution in [0.4, 0.5) is 19.6 Å². The van der Waals surface area contributed by atoms with Gasteiger partial charge >= 0.3 is 18.0 Å². The lowest BCUT2D eigenvalue weighted by Gasteiger charge is -2.12. The number of hydrogen-bond acceptors (Lipinski definition) is 6. The SMILES string of the molecule is NC(=O)N(N)c1cc(C(=O)O)c(N(N)C(N)=O)s1.